The second-order valence-corrected chi connectivity index (χ2v) is 4.24. The highest BCUT2D eigenvalue weighted by Gasteiger charge is 1.99. The summed E-state index contributed by atoms with van der Waals surface area (Å²) in [6.07, 6.45) is 0. The molecule has 0 spiro atoms. The third-order valence-corrected chi connectivity index (χ3v) is 2.66. The quantitative estimate of drug-likeness (QED) is 0.590. The topological polar surface area (TPSA) is 9.23 Å². The molecule has 0 N–H and O–H groups in total. The van der Waals surface area contributed by atoms with Crippen LogP contribution in [-0.4, -0.2) is 12.4 Å². The third kappa shape index (κ3) is 4.00. The summed E-state index contributed by atoms with van der Waals surface area (Å²) in [5.74, 6) is 2.12. The van der Waals surface area contributed by atoms with Crippen LogP contribution in [0.2, 0.25) is 0 Å². The van der Waals surface area contributed by atoms with Gasteiger partial charge in [-0.1, -0.05) is 32.6 Å². The number of ether oxygens (including phenoxy) is 1. The molecule has 2 heteroatoms. The molecule has 0 saturated heterocycles. The zero-order chi connectivity index (χ0) is 11.3. The van der Waals surface area contributed by atoms with E-state index < -0.39 is 0 Å². The van der Waals surface area contributed by atoms with Gasteiger partial charge in [-0.25, -0.2) is 0 Å². The molecule has 82 valence electrons. The van der Waals surface area contributed by atoms with E-state index in [4.69, 9.17) is 4.74 Å². The second kappa shape index (κ2) is 5.86. The van der Waals surface area contributed by atoms with Gasteiger partial charge in [-0.2, -0.15) is 12.6 Å². The number of rotatable bonds is 5. The Morgan fingerprint density at radius 3 is 2.40 bits per heavy atom. The number of hydrogen-bond donors (Lipinski definition) is 1. The third-order valence-electron chi connectivity index (χ3n) is 2.21. The Labute approximate surface area is 97.6 Å². The summed E-state index contributed by atoms with van der Waals surface area (Å²) in [4.78, 5) is 0. The Balaban J connectivity index is 2.53. The fourth-order valence-corrected chi connectivity index (χ4v) is 1.27. The van der Waals surface area contributed by atoms with Gasteiger partial charge < -0.3 is 4.74 Å². The van der Waals surface area contributed by atoms with Crippen LogP contribution in [0.5, 0.6) is 5.75 Å². The SMILES string of the molecule is C=C(CS)COc1ccc(C(C)C)cc1. The minimum atomic E-state index is 0.546. The van der Waals surface area contributed by atoms with E-state index in [-0.39, 0.29) is 0 Å². The van der Waals surface area contributed by atoms with Crippen molar-refractivity contribution in [3.8, 4) is 5.75 Å². The number of thiol groups is 1. The van der Waals surface area contributed by atoms with Crippen LogP contribution >= 0.6 is 12.6 Å². The van der Waals surface area contributed by atoms with E-state index >= 15 is 0 Å². The van der Waals surface area contributed by atoms with E-state index in [0.717, 1.165) is 11.3 Å². The molecule has 15 heavy (non-hydrogen) atoms. The fourth-order valence-electron chi connectivity index (χ4n) is 1.18. The first-order valence-corrected chi connectivity index (χ1v) is 5.77. The maximum atomic E-state index is 5.54. The van der Waals surface area contributed by atoms with Crippen molar-refractivity contribution in [3.05, 3.63) is 42.0 Å². The lowest BCUT2D eigenvalue weighted by atomic mass is 10.0. The predicted molar refractivity (Wildman–Crippen MR) is 69.0 cm³/mol. The highest BCUT2D eigenvalue weighted by Crippen LogP contribution is 2.18. The first-order chi connectivity index (χ1) is 7.13. The molecule has 0 saturated carbocycles. The van der Waals surface area contributed by atoms with Gasteiger partial charge in [-0.05, 0) is 29.2 Å². The summed E-state index contributed by atoms with van der Waals surface area (Å²) >= 11 is 4.13. The maximum absolute atomic E-state index is 5.54. The van der Waals surface area contributed by atoms with Crippen molar-refractivity contribution in [1.82, 2.24) is 0 Å². The van der Waals surface area contributed by atoms with Crippen molar-refractivity contribution in [1.29, 1.82) is 0 Å². The molecule has 0 radical (unpaired) electrons. The molecule has 0 heterocycles. The average molecular weight is 222 g/mol. The molecule has 0 atom stereocenters. The summed E-state index contributed by atoms with van der Waals surface area (Å²) in [6.45, 7) is 8.74. The van der Waals surface area contributed by atoms with E-state index in [0.29, 0.717) is 18.3 Å². The van der Waals surface area contributed by atoms with Gasteiger partial charge >= 0.3 is 0 Å². The first-order valence-electron chi connectivity index (χ1n) is 5.13. The van der Waals surface area contributed by atoms with Crippen molar-refractivity contribution < 1.29 is 4.74 Å². The molecule has 0 aliphatic heterocycles. The summed E-state index contributed by atoms with van der Waals surface area (Å²) in [6, 6.07) is 8.20. The van der Waals surface area contributed by atoms with Crippen LogP contribution < -0.4 is 4.74 Å². The zero-order valence-electron chi connectivity index (χ0n) is 9.36. The van der Waals surface area contributed by atoms with Gasteiger partial charge in [0, 0.05) is 5.75 Å². The van der Waals surface area contributed by atoms with Crippen LogP contribution in [0, 0.1) is 0 Å². The van der Waals surface area contributed by atoms with Gasteiger partial charge in [0.25, 0.3) is 0 Å². The Kier molecular flexibility index (Phi) is 4.76. The number of hydrogen-bond acceptors (Lipinski definition) is 2. The Bertz CT molecular complexity index is 314. The van der Waals surface area contributed by atoms with Crippen molar-refractivity contribution in [2.24, 2.45) is 0 Å². The largest absolute Gasteiger partial charge is 0.489 e. The normalized spacial score (nSPS) is 10.4. The summed E-state index contributed by atoms with van der Waals surface area (Å²) in [7, 11) is 0. The molecule has 0 fully saturated rings. The molecular weight excluding hydrogens is 204 g/mol. The molecule has 0 bridgehead atoms. The minimum absolute atomic E-state index is 0.546. The van der Waals surface area contributed by atoms with E-state index in [1.165, 1.54) is 5.56 Å². The second-order valence-electron chi connectivity index (χ2n) is 3.92. The van der Waals surface area contributed by atoms with Gasteiger partial charge in [0.05, 0.1) is 0 Å². The van der Waals surface area contributed by atoms with Crippen LogP contribution in [0.1, 0.15) is 25.3 Å². The van der Waals surface area contributed by atoms with Crippen LogP contribution in [0.25, 0.3) is 0 Å². The molecule has 1 rings (SSSR count). The standard InChI is InChI=1S/C13H18OS/c1-10(2)12-4-6-13(7-5-12)14-8-11(3)9-15/h4-7,10,15H,3,8-9H2,1-2H3. The Morgan fingerprint density at radius 2 is 1.93 bits per heavy atom. The van der Waals surface area contributed by atoms with Crippen molar-refractivity contribution in [3.63, 3.8) is 0 Å². The smallest absolute Gasteiger partial charge is 0.119 e. The highest BCUT2D eigenvalue weighted by atomic mass is 32.1. The van der Waals surface area contributed by atoms with Crippen LogP contribution in [0.3, 0.4) is 0 Å². The Morgan fingerprint density at radius 1 is 1.33 bits per heavy atom. The van der Waals surface area contributed by atoms with Crippen molar-refractivity contribution in [2.75, 3.05) is 12.4 Å². The average Bonchev–Trinajstić information content (AvgIpc) is 2.26. The van der Waals surface area contributed by atoms with Gasteiger partial charge in [0.1, 0.15) is 12.4 Å². The maximum Gasteiger partial charge on any atom is 0.119 e. The molecule has 1 nitrogen and oxygen atoms in total. The molecular formula is C13H18OS. The zero-order valence-corrected chi connectivity index (χ0v) is 10.3. The minimum Gasteiger partial charge on any atom is -0.489 e. The Hall–Kier alpha value is -0.890. The molecule has 0 aliphatic carbocycles. The van der Waals surface area contributed by atoms with Crippen LogP contribution in [0.4, 0.5) is 0 Å². The van der Waals surface area contributed by atoms with E-state index in [1.807, 2.05) is 12.1 Å². The van der Waals surface area contributed by atoms with Crippen molar-refractivity contribution >= 4 is 12.6 Å². The van der Waals surface area contributed by atoms with Gasteiger partial charge in [0.15, 0.2) is 0 Å². The summed E-state index contributed by atoms with van der Waals surface area (Å²) < 4.78 is 5.54. The molecule has 1 aromatic rings. The van der Waals surface area contributed by atoms with Crippen LogP contribution in [0.15, 0.2) is 36.4 Å². The first kappa shape index (κ1) is 12.2. The van der Waals surface area contributed by atoms with Gasteiger partial charge in [0.2, 0.25) is 0 Å². The van der Waals surface area contributed by atoms with Crippen molar-refractivity contribution in [2.45, 2.75) is 19.8 Å². The molecule has 0 amide bonds. The lowest BCUT2D eigenvalue weighted by Gasteiger charge is -2.09. The lowest BCUT2D eigenvalue weighted by Crippen LogP contribution is -2.01. The van der Waals surface area contributed by atoms with Gasteiger partial charge in [-0.3, -0.25) is 0 Å². The fraction of sp³-hybridized carbons (Fsp3) is 0.385. The molecule has 0 aromatic heterocycles. The highest BCUT2D eigenvalue weighted by molar-refractivity contribution is 7.80. The monoisotopic (exact) mass is 222 g/mol. The van der Waals surface area contributed by atoms with E-state index in [1.54, 1.807) is 0 Å². The lowest BCUT2D eigenvalue weighted by molar-refractivity contribution is 0.353. The van der Waals surface area contributed by atoms with E-state index in [9.17, 15) is 0 Å². The van der Waals surface area contributed by atoms with E-state index in [2.05, 4.69) is 45.2 Å². The number of benzene rings is 1. The summed E-state index contributed by atoms with van der Waals surface area (Å²) in [5, 5.41) is 0. The van der Waals surface area contributed by atoms with Gasteiger partial charge in [-0.15, -0.1) is 0 Å². The predicted octanol–water partition coefficient (Wildman–Crippen LogP) is 3.67. The molecule has 0 aliphatic rings. The molecule has 0 unspecified atom stereocenters. The molecule has 1 aromatic carbocycles. The summed E-state index contributed by atoms with van der Waals surface area (Å²) in [5.41, 5.74) is 2.32. The van der Waals surface area contributed by atoms with Crippen LogP contribution in [-0.2, 0) is 0 Å².